The lowest BCUT2D eigenvalue weighted by Gasteiger charge is -2.28. The molecule has 0 saturated heterocycles. The van der Waals surface area contributed by atoms with Crippen LogP contribution >= 0.6 is 11.8 Å². The van der Waals surface area contributed by atoms with E-state index in [0.717, 1.165) is 36.1 Å². The zero-order valence-corrected chi connectivity index (χ0v) is 21.4. The first-order valence-corrected chi connectivity index (χ1v) is 13.5. The lowest BCUT2D eigenvalue weighted by molar-refractivity contribution is 0.102. The molecule has 1 aliphatic heterocycles. The van der Waals surface area contributed by atoms with Gasteiger partial charge in [-0.25, -0.2) is 13.2 Å². The Labute approximate surface area is 212 Å². The Morgan fingerprint density at radius 3 is 2.57 bits per heavy atom. The number of allylic oxidation sites excluding steroid dienone is 2. The van der Waals surface area contributed by atoms with Gasteiger partial charge >= 0.3 is 0 Å². The number of benzene rings is 2. The van der Waals surface area contributed by atoms with Crippen molar-refractivity contribution in [3.05, 3.63) is 87.1 Å². The number of hydrogen-bond acceptors (Lipinski definition) is 2. The Bertz CT molecular complexity index is 1170. The lowest BCUT2D eigenvalue weighted by atomic mass is 9.77. The Morgan fingerprint density at radius 2 is 1.83 bits per heavy atom. The number of hydrogen-bond donors (Lipinski definition) is 0. The van der Waals surface area contributed by atoms with Crippen LogP contribution in [0.2, 0.25) is 0 Å². The van der Waals surface area contributed by atoms with E-state index in [2.05, 4.69) is 13.5 Å². The van der Waals surface area contributed by atoms with Crippen molar-refractivity contribution < 1.29 is 19.4 Å². The Balaban J connectivity index is 0.00000361. The van der Waals surface area contributed by atoms with Gasteiger partial charge in [0.2, 0.25) is 0 Å². The summed E-state index contributed by atoms with van der Waals surface area (Å²) in [5.41, 5.74) is 0.523. The van der Waals surface area contributed by atoms with Gasteiger partial charge in [0.1, 0.15) is 5.82 Å². The molecule has 0 amide bonds. The molecule has 1 unspecified atom stereocenters. The molecule has 0 radical (unpaired) electrons. The van der Waals surface area contributed by atoms with Crippen LogP contribution in [-0.4, -0.2) is 5.78 Å². The van der Waals surface area contributed by atoms with E-state index >= 15 is 13.2 Å². The van der Waals surface area contributed by atoms with E-state index in [-0.39, 0.29) is 31.0 Å². The minimum Gasteiger partial charge on any atom is -0.289 e. The molecule has 0 aromatic heterocycles. The molecule has 1 heterocycles. The molecule has 2 atom stereocenters. The number of rotatable bonds is 5. The summed E-state index contributed by atoms with van der Waals surface area (Å²) in [5.74, 6) is -2.81. The van der Waals surface area contributed by atoms with Crippen LogP contribution in [0.15, 0.2) is 52.3 Å². The fraction of sp³-hybridized carbons (Fsp3) is 0.433. The van der Waals surface area contributed by atoms with Crippen molar-refractivity contribution in [1.82, 2.24) is 0 Å². The van der Waals surface area contributed by atoms with Crippen molar-refractivity contribution in [2.75, 3.05) is 0 Å². The van der Waals surface area contributed by atoms with Crippen LogP contribution in [-0.2, 0) is 19.3 Å². The van der Waals surface area contributed by atoms with Gasteiger partial charge in [-0.05, 0) is 62.5 Å². The molecule has 1 saturated carbocycles. The van der Waals surface area contributed by atoms with Crippen LogP contribution in [0.1, 0.15) is 80.8 Å². The van der Waals surface area contributed by atoms with Crippen molar-refractivity contribution in [2.45, 2.75) is 76.5 Å². The van der Waals surface area contributed by atoms with Crippen LogP contribution in [0, 0.1) is 29.3 Å². The van der Waals surface area contributed by atoms with E-state index in [1.807, 2.05) is 24.3 Å². The molecule has 1 aliphatic carbocycles. The SMILES string of the molecule is C=C/C1=C(/C)C(=O)c2c(F)c(F)c(CCC3CCC[C@H](CC)C3)c(F)c2CCc2ccccc2S1.[HH]. The van der Waals surface area contributed by atoms with E-state index in [1.54, 1.807) is 13.0 Å². The Kier molecular flexibility index (Phi) is 8.26. The fourth-order valence-corrected chi connectivity index (χ4v) is 6.61. The molecule has 2 aliphatic rings. The molecule has 188 valence electrons. The number of fused-ring (bicyclic) bond motifs is 2. The van der Waals surface area contributed by atoms with E-state index in [0.29, 0.717) is 29.6 Å². The topological polar surface area (TPSA) is 17.1 Å². The molecule has 0 bridgehead atoms. The van der Waals surface area contributed by atoms with Gasteiger partial charge in [-0.2, -0.15) is 0 Å². The van der Waals surface area contributed by atoms with Gasteiger partial charge in [-0.3, -0.25) is 4.79 Å². The van der Waals surface area contributed by atoms with Gasteiger partial charge in [-0.1, -0.05) is 75.2 Å². The zero-order chi connectivity index (χ0) is 25.1. The number of carbonyl (C=O) groups excluding carboxylic acids is 1. The van der Waals surface area contributed by atoms with E-state index in [4.69, 9.17) is 0 Å². The highest BCUT2D eigenvalue weighted by Crippen LogP contribution is 2.38. The molecule has 0 spiro atoms. The van der Waals surface area contributed by atoms with Crippen LogP contribution in [0.3, 0.4) is 0 Å². The first-order valence-electron chi connectivity index (χ1n) is 12.7. The molecule has 2 aromatic carbocycles. The summed E-state index contributed by atoms with van der Waals surface area (Å²) in [4.78, 5) is 14.9. The van der Waals surface area contributed by atoms with E-state index < -0.39 is 28.8 Å². The second kappa shape index (κ2) is 11.2. The molecule has 2 aromatic rings. The Hall–Kier alpha value is -2.27. The molecular formula is C30H35F3OS. The predicted octanol–water partition coefficient (Wildman–Crippen LogP) is 9.03. The van der Waals surface area contributed by atoms with Gasteiger partial charge in [0.05, 0.1) is 5.56 Å². The average Bonchev–Trinajstić information content (AvgIpc) is 2.88. The summed E-state index contributed by atoms with van der Waals surface area (Å²) in [6.07, 6.45) is 8.47. The number of aryl methyl sites for hydroxylation is 1. The van der Waals surface area contributed by atoms with E-state index in [9.17, 15) is 4.79 Å². The van der Waals surface area contributed by atoms with E-state index in [1.165, 1.54) is 18.2 Å². The molecule has 1 nitrogen and oxygen atoms in total. The third-order valence-corrected chi connectivity index (χ3v) is 9.05. The third-order valence-electron chi connectivity index (χ3n) is 7.74. The van der Waals surface area contributed by atoms with Gasteiger partial charge in [-0.15, -0.1) is 0 Å². The second-order valence-electron chi connectivity index (χ2n) is 9.85. The fourth-order valence-electron chi connectivity index (χ4n) is 5.60. The number of halogens is 3. The first-order chi connectivity index (χ1) is 16.8. The zero-order valence-electron chi connectivity index (χ0n) is 20.6. The minimum atomic E-state index is -1.22. The Morgan fingerprint density at radius 1 is 1.09 bits per heavy atom. The third kappa shape index (κ3) is 5.30. The summed E-state index contributed by atoms with van der Waals surface area (Å²) in [6, 6.07) is 7.71. The number of carbonyl (C=O) groups is 1. The number of Topliss-reactive ketones (excluding diaryl/α,β-unsaturated/α-hetero) is 1. The number of ketones is 1. The molecule has 35 heavy (non-hydrogen) atoms. The highest BCUT2D eigenvalue weighted by molar-refractivity contribution is 8.03. The van der Waals surface area contributed by atoms with Crippen molar-refractivity contribution in [1.29, 1.82) is 0 Å². The van der Waals surface area contributed by atoms with Crippen LogP contribution in [0.25, 0.3) is 0 Å². The quantitative estimate of drug-likeness (QED) is 0.381. The standard InChI is InChI=1S/C30H33F3OS.H2/c1-4-19-9-8-10-20(17-19)13-15-23-27(31)22-16-14-21-11-6-7-12-25(21)35-24(5-2)18(3)30(34)26(22)29(33)28(23)32;/h5-7,11-12,19-20H,2,4,8-10,13-17H2,1,3H3;1H/b24-18+;/t19-,20?;/m0./s1. The maximum absolute atomic E-state index is 15.9. The van der Waals surface area contributed by atoms with Crippen molar-refractivity contribution in [3.63, 3.8) is 0 Å². The first kappa shape index (κ1) is 25.8. The molecular weight excluding hydrogens is 465 g/mol. The van der Waals surface area contributed by atoms with Gasteiger partial charge in [0.25, 0.3) is 0 Å². The normalized spacial score (nSPS) is 22.9. The second-order valence-corrected chi connectivity index (χ2v) is 10.9. The van der Waals surface area contributed by atoms with Crippen LogP contribution in [0.4, 0.5) is 13.2 Å². The van der Waals surface area contributed by atoms with Crippen LogP contribution < -0.4 is 0 Å². The molecule has 4 rings (SSSR count). The monoisotopic (exact) mass is 500 g/mol. The van der Waals surface area contributed by atoms with Crippen molar-refractivity contribution >= 4 is 17.5 Å². The van der Waals surface area contributed by atoms with Gasteiger partial charge in [0, 0.05) is 27.9 Å². The highest BCUT2D eigenvalue weighted by Gasteiger charge is 2.31. The summed E-state index contributed by atoms with van der Waals surface area (Å²) in [7, 11) is 0. The molecule has 1 fully saturated rings. The summed E-state index contributed by atoms with van der Waals surface area (Å²) in [6.45, 7) is 7.55. The van der Waals surface area contributed by atoms with Crippen molar-refractivity contribution in [3.8, 4) is 0 Å². The van der Waals surface area contributed by atoms with Gasteiger partial charge in [0.15, 0.2) is 17.4 Å². The average molecular weight is 501 g/mol. The maximum atomic E-state index is 15.9. The summed E-state index contributed by atoms with van der Waals surface area (Å²) < 4.78 is 46.7. The lowest BCUT2D eigenvalue weighted by Crippen LogP contribution is -2.19. The van der Waals surface area contributed by atoms with Gasteiger partial charge < -0.3 is 0 Å². The van der Waals surface area contributed by atoms with Crippen LogP contribution in [0.5, 0.6) is 0 Å². The minimum absolute atomic E-state index is 0. The molecule has 5 heteroatoms. The summed E-state index contributed by atoms with van der Waals surface area (Å²) >= 11 is 1.37. The largest absolute Gasteiger partial charge is 0.289 e. The smallest absolute Gasteiger partial charge is 0.193 e. The maximum Gasteiger partial charge on any atom is 0.193 e. The summed E-state index contributed by atoms with van der Waals surface area (Å²) in [5, 5.41) is 0. The number of thioether (sulfide) groups is 1. The highest BCUT2D eigenvalue weighted by atomic mass is 32.2. The predicted molar refractivity (Wildman–Crippen MR) is 139 cm³/mol. The van der Waals surface area contributed by atoms with Crippen molar-refractivity contribution in [2.24, 2.45) is 11.8 Å². The molecule has 0 N–H and O–H groups in total.